The zero-order chi connectivity index (χ0) is 11.0. The van der Waals surface area contributed by atoms with Gasteiger partial charge in [0.1, 0.15) is 0 Å². The van der Waals surface area contributed by atoms with Crippen molar-refractivity contribution in [1.82, 2.24) is 14.6 Å². The Morgan fingerprint density at radius 1 is 1.60 bits per heavy atom. The Balaban J connectivity index is 2.64. The van der Waals surface area contributed by atoms with E-state index in [2.05, 4.69) is 10.1 Å². The van der Waals surface area contributed by atoms with Crippen LogP contribution in [0, 0.1) is 6.92 Å². The molecule has 5 nitrogen and oxygen atoms in total. The van der Waals surface area contributed by atoms with Crippen molar-refractivity contribution in [3.8, 4) is 0 Å². The van der Waals surface area contributed by atoms with E-state index in [4.69, 9.17) is 5.11 Å². The molecule has 0 bridgehead atoms. The Hall–Kier alpha value is -1.91. The molecule has 0 spiro atoms. The third kappa shape index (κ3) is 1.56. The van der Waals surface area contributed by atoms with Gasteiger partial charge in [-0.2, -0.15) is 5.10 Å². The minimum atomic E-state index is -0.880. The minimum Gasteiger partial charge on any atom is -0.481 e. The summed E-state index contributed by atoms with van der Waals surface area (Å²) in [6.07, 6.45) is 3.27. The third-order valence-electron chi connectivity index (χ3n) is 2.32. The summed E-state index contributed by atoms with van der Waals surface area (Å²) >= 11 is 0. The van der Waals surface area contributed by atoms with Gasteiger partial charge in [-0.1, -0.05) is 0 Å². The monoisotopic (exact) mass is 205 g/mol. The zero-order valence-corrected chi connectivity index (χ0v) is 8.51. The molecule has 0 aliphatic rings. The standard InChI is InChI=1S/C10H11N3O2/c1-6-5-8-9(7(2)10(14)15)11-3-4-13(8)12-6/h3-5,7H,1-2H3,(H,14,15). The number of carboxylic acid groups (broad SMARTS) is 1. The Bertz CT molecular complexity index is 518. The van der Waals surface area contributed by atoms with E-state index in [0.29, 0.717) is 5.69 Å². The van der Waals surface area contributed by atoms with Gasteiger partial charge in [-0.3, -0.25) is 9.78 Å². The topological polar surface area (TPSA) is 67.5 Å². The highest BCUT2D eigenvalue weighted by atomic mass is 16.4. The van der Waals surface area contributed by atoms with Crippen molar-refractivity contribution in [3.63, 3.8) is 0 Å². The summed E-state index contributed by atoms with van der Waals surface area (Å²) < 4.78 is 1.65. The van der Waals surface area contributed by atoms with Gasteiger partial charge in [-0.25, -0.2) is 4.52 Å². The molecule has 0 radical (unpaired) electrons. The quantitative estimate of drug-likeness (QED) is 0.800. The highest BCUT2D eigenvalue weighted by Gasteiger charge is 2.18. The number of aromatic nitrogens is 3. The SMILES string of the molecule is Cc1cc2c(C(C)C(=O)O)nccn2n1. The number of aryl methyl sites for hydroxylation is 1. The molecule has 0 saturated heterocycles. The minimum absolute atomic E-state index is 0.547. The fraction of sp³-hybridized carbons (Fsp3) is 0.300. The number of nitrogens with zero attached hydrogens (tertiary/aromatic N) is 3. The first-order chi connectivity index (χ1) is 7.09. The Kier molecular flexibility index (Phi) is 2.15. The lowest BCUT2D eigenvalue weighted by molar-refractivity contribution is -0.138. The Labute approximate surface area is 86.4 Å². The van der Waals surface area contributed by atoms with Crippen LogP contribution < -0.4 is 0 Å². The molecule has 0 aromatic carbocycles. The van der Waals surface area contributed by atoms with Crippen molar-refractivity contribution >= 4 is 11.5 Å². The summed E-state index contributed by atoms with van der Waals surface area (Å²) in [6, 6.07) is 1.84. The lowest BCUT2D eigenvalue weighted by Gasteiger charge is -2.06. The van der Waals surface area contributed by atoms with Crippen LogP contribution in [0.2, 0.25) is 0 Å². The van der Waals surface area contributed by atoms with E-state index < -0.39 is 11.9 Å². The van der Waals surface area contributed by atoms with Gasteiger partial charge in [0.05, 0.1) is 22.8 Å². The molecule has 2 heterocycles. The van der Waals surface area contributed by atoms with Crippen molar-refractivity contribution in [2.24, 2.45) is 0 Å². The van der Waals surface area contributed by atoms with Crippen molar-refractivity contribution < 1.29 is 9.90 Å². The van der Waals surface area contributed by atoms with E-state index in [1.807, 2.05) is 13.0 Å². The van der Waals surface area contributed by atoms with Crippen LogP contribution in [0.15, 0.2) is 18.5 Å². The maximum Gasteiger partial charge on any atom is 0.312 e. The molecule has 78 valence electrons. The first-order valence-electron chi connectivity index (χ1n) is 4.63. The number of carboxylic acids is 1. The predicted octanol–water partition coefficient (Wildman–Crippen LogP) is 1.23. The second-order valence-corrected chi connectivity index (χ2v) is 3.49. The molecule has 0 fully saturated rings. The second-order valence-electron chi connectivity index (χ2n) is 3.49. The molecule has 1 unspecified atom stereocenters. The molecule has 1 N–H and O–H groups in total. The first-order valence-corrected chi connectivity index (χ1v) is 4.63. The molecular weight excluding hydrogens is 194 g/mol. The fourth-order valence-corrected chi connectivity index (χ4v) is 1.52. The van der Waals surface area contributed by atoms with Gasteiger partial charge in [0, 0.05) is 12.4 Å². The van der Waals surface area contributed by atoms with E-state index in [0.717, 1.165) is 11.2 Å². The zero-order valence-electron chi connectivity index (χ0n) is 8.51. The smallest absolute Gasteiger partial charge is 0.312 e. The maximum absolute atomic E-state index is 10.9. The van der Waals surface area contributed by atoms with Crippen LogP contribution >= 0.6 is 0 Å². The molecular formula is C10H11N3O2. The number of fused-ring (bicyclic) bond motifs is 1. The number of hydrogen-bond donors (Lipinski definition) is 1. The van der Waals surface area contributed by atoms with Crippen LogP contribution in [0.1, 0.15) is 24.2 Å². The highest BCUT2D eigenvalue weighted by Crippen LogP contribution is 2.19. The highest BCUT2D eigenvalue weighted by molar-refractivity contribution is 5.78. The van der Waals surface area contributed by atoms with Crippen LogP contribution in [0.4, 0.5) is 0 Å². The van der Waals surface area contributed by atoms with Gasteiger partial charge in [0.25, 0.3) is 0 Å². The number of aliphatic carboxylic acids is 1. The normalized spacial score (nSPS) is 12.9. The summed E-state index contributed by atoms with van der Waals surface area (Å²) in [5.74, 6) is -1.50. The Morgan fingerprint density at radius 2 is 2.33 bits per heavy atom. The summed E-state index contributed by atoms with van der Waals surface area (Å²) in [6.45, 7) is 3.48. The average molecular weight is 205 g/mol. The second kappa shape index (κ2) is 3.34. The summed E-state index contributed by atoms with van der Waals surface area (Å²) in [4.78, 5) is 15.0. The van der Waals surface area contributed by atoms with Gasteiger partial charge in [-0.05, 0) is 19.9 Å². The van der Waals surface area contributed by atoms with Crippen LogP contribution in [0.5, 0.6) is 0 Å². The number of hydrogen-bond acceptors (Lipinski definition) is 3. The maximum atomic E-state index is 10.9. The molecule has 15 heavy (non-hydrogen) atoms. The van der Waals surface area contributed by atoms with E-state index >= 15 is 0 Å². The van der Waals surface area contributed by atoms with Crippen molar-refractivity contribution in [2.45, 2.75) is 19.8 Å². The Morgan fingerprint density at radius 3 is 3.00 bits per heavy atom. The lowest BCUT2D eigenvalue weighted by atomic mass is 10.1. The van der Waals surface area contributed by atoms with Crippen LogP contribution in [-0.4, -0.2) is 25.7 Å². The third-order valence-corrected chi connectivity index (χ3v) is 2.32. The van der Waals surface area contributed by atoms with Crippen molar-refractivity contribution in [2.75, 3.05) is 0 Å². The van der Waals surface area contributed by atoms with Gasteiger partial charge in [-0.15, -0.1) is 0 Å². The van der Waals surface area contributed by atoms with Gasteiger partial charge < -0.3 is 5.11 Å². The van der Waals surface area contributed by atoms with Crippen molar-refractivity contribution in [1.29, 1.82) is 0 Å². The first kappa shape index (κ1) is 9.64. The summed E-state index contributed by atoms with van der Waals surface area (Å²) in [5.41, 5.74) is 2.15. The molecule has 0 aliphatic carbocycles. The molecule has 2 aromatic heterocycles. The fourth-order valence-electron chi connectivity index (χ4n) is 1.52. The molecule has 5 heteroatoms. The lowest BCUT2D eigenvalue weighted by Crippen LogP contribution is -2.10. The average Bonchev–Trinajstić information content (AvgIpc) is 2.56. The molecule has 1 atom stereocenters. The van der Waals surface area contributed by atoms with Gasteiger partial charge in [0.15, 0.2) is 0 Å². The number of carbonyl (C=O) groups is 1. The van der Waals surface area contributed by atoms with Gasteiger partial charge >= 0.3 is 5.97 Å². The molecule has 2 aromatic rings. The van der Waals surface area contributed by atoms with E-state index in [-0.39, 0.29) is 0 Å². The van der Waals surface area contributed by atoms with Crippen molar-refractivity contribution in [3.05, 3.63) is 29.8 Å². The van der Waals surface area contributed by atoms with E-state index in [1.165, 1.54) is 0 Å². The van der Waals surface area contributed by atoms with Crippen LogP contribution in [0.25, 0.3) is 5.52 Å². The van der Waals surface area contributed by atoms with Gasteiger partial charge in [0.2, 0.25) is 0 Å². The number of rotatable bonds is 2. The summed E-state index contributed by atoms with van der Waals surface area (Å²) in [5, 5.41) is 13.1. The van der Waals surface area contributed by atoms with E-state index in [1.54, 1.807) is 23.8 Å². The molecule has 0 aliphatic heterocycles. The molecule has 0 saturated carbocycles. The molecule has 2 rings (SSSR count). The largest absolute Gasteiger partial charge is 0.481 e. The summed E-state index contributed by atoms with van der Waals surface area (Å²) in [7, 11) is 0. The predicted molar refractivity (Wildman–Crippen MR) is 53.8 cm³/mol. The molecule has 0 amide bonds. The van der Waals surface area contributed by atoms with E-state index in [9.17, 15) is 4.79 Å². The van der Waals surface area contributed by atoms with Crippen LogP contribution in [0.3, 0.4) is 0 Å². The van der Waals surface area contributed by atoms with Crippen LogP contribution in [-0.2, 0) is 4.79 Å².